The number of hydrogen-bond acceptors (Lipinski definition) is 2. The molecule has 4 N–H and O–H groups in total. The van der Waals surface area contributed by atoms with Crippen molar-refractivity contribution in [3.05, 3.63) is 11.8 Å². The van der Waals surface area contributed by atoms with Gasteiger partial charge in [0.25, 0.3) is 0 Å². The highest BCUT2D eigenvalue weighted by Crippen LogP contribution is 2.40. The maximum Gasteiger partial charge on any atom is 0.524 e. The van der Waals surface area contributed by atoms with E-state index >= 15 is 0 Å². The van der Waals surface area contributed by atoms with Crippen molar-refractivity contribution in [3.8, 4) is 0 Å². The lowest BCUT2D eigenvalue weighted by Gasteiger charge is -2.10. The van der Waals surface area contributed by atoms with Gasteiger partial charge in [0.05, 0.1) is 0 Å². The fraction of sp³-hybridized carbons (Fsp3) is 0.900. The predicted octanol–water partition coefficient (Wildman–Crippen LogP) is 6.44. The number of unbranched alkanes of at least 4 members (excludes halogenated alkanes) is 14. The predicted molar refractivity (Wildman–Crippen MR) is 110 cm³/mol. The summed E-state index contributed by atoms with van der Waals surface area (Å²) >= 11 is 0. The number of rotatable bonds is 18. The van der Waals surface area contributed by atoms with Crippen molar-refractivity contribution in [2.75, 3.05) is 0 Å². The highest BCUT2D eigenvalue weighted by molar-refractivity contribution is 7.46. The molecule has 0 aliphatic carbocycles. The van der Waals surface area contributed by atoms with Crippen LogP contribution >= 0.6 is 7.82 Å². The van der Waals surface area contributed by atoms with E-state index in [4.69, 9.17) is 9.79 Å². The summed E-state index contributed by atoms with van der Waals surface area (Å²) in [7, 11) is -4.40. The molecule has 0 amide bonds. The van der Waals surface area contributed by atoms with Gasteiger partial charge in [-0.05, 0) is 19.4 Å². The molecule has 0 fully saturated rings. The average molecular weight is 395 g/mol. The Morgan fingerprint density at radius 3 is 1.42 bits per heavy atom. The number of hydrogen-bond donors (Lipinski definition) is 2. The van der Waals surface area contributed by atoms with Gasteiger partial charge < -0.3 is 10.00 Å². The molecule has 26 heavy (non-hydrogen) atoms. The lowest BCUT2D eigenvalue weighted by molar-refractivity contribution is 0.235. The molecule has 5 nitrogen and oxygen atoms in total. The SMILES string of the molecule is CC=C(CCCCCCCCCCCCCCCCC)OP(=O)(O)O.O. The van der Waals surface area contributed by atoms with Crippen LogP contribution < -0.4 is 0 Å². The van der Waals surface area contributed by atoms with Crippen LogP contribution in [0.15, 0.2) is 11.8 Å². The van der Waals surface area contributed by atoms with Gasteiger partial charge >= 0.3 is 7.82 Å². The molecule has 0 bridgehead atoms. The zero-order valence-corrected chi connectivity index (χ0v) is 17.9. The molecule has 0 aliphatic rings. The minimum absolute atomic E-state index is 0. The van der Waals surface area contributed by atoms with E-state index in [0.717, 1.165) is 12.8 Å². The summed E-state index contributed by atoms with van der Waals surface area (Å²) < 4.78 is 15.4. The Bertz CT molecular complexity index is 365. The molecule has 0 atom stereocenters. The van der Waals surface area contributed by atoms with Crippen LogP contribution in [0.25, 0.3) is 0 Å². The zero-order chi connectivity index (χ0) is 18.8. The van der Waals surface area contributed by atoms with Crippen LogP contribution in [0.2, 0.25) is 0 Å². The Hall–Kier alpha value is -0.350. The fourth-order valence-corrected chi connectivity index (χ4v) is 3.57. The van der Waals surface area contributed by atoms with Crippen LogP contribution in [0.4, 0.5) is 0 Å². The average Bonchev–Trinajstić information content (AvgIpc) is 2.56. The summed E-state index contributed by atoms with van der Waals surface area (Å²) in [5, 5.41) is 0. The molecular formula is C20H43O5P. The second-order valence-electron chi connectivity index (χ2n) is 7.04. The maximum atomic E-state index is 10.8. The van der Waals surface area contributed by atoms with Gasteiger partial charge in [-0.1, -0.05) is 96.8 Å². The molecule has 0 aromatic rings. The third kappa shape index (κ3) is 21.7. The molecule has 0 spiro atoms. The van der Waals surface area contributed by atoms with Crippen molar-refractivity contribution >= 4 is 7.82 Å². The second-order valence-corrected chi connectivity index (χ2v) is 8.20. The summed E-state index contributed by atoms with van der Waals surface area (Å²) in [5.74, 6) is 0.406. The van der Waals surface area contributed by atoms with Gasteiger partial charge in [-0.25, -0.2) is 4.57 Å². The van der Waals surface area contributed by atoms with Crippen molar-refractivity contribution in [2.24, 2.45) is 0 Å². The van der Waals surface area contributed by atoms with E-state index in [1.807, 2.05) is 0 Å². The highest BCUT2D eigenvalue weighted by Gasteiger charge is 2.16. The third-order valence-electron chi connectivity index (χ3n) is 4.58. The van der Waals surface area contributed by atoms with Crippen LogP contribution in [0.5, 0.6) is 0 Å². The minimum atomic E-state index is -4.40. The Labute approximate surface area is 161 Å². The molecule has 0 radical (unpaired) electrons. The molecule has 0 heterocycles. The fourth-order valence-electron chi connectivity index (χ4n) is 3.07. The Morgan fingerprint density at radius 1 is 0.769 bits per heavy atom. The summed E-state index contributed by atoms with van der Waals surface area (Å²) in [6, 6.07) is 0. The largest absolute Gasteiger partial charge is 0.524 e. The summed E-state index contributed by atoms with van der Waals surface area (Å²) in [5.41, 5.74) is 0. The van der Waals surface area contributed by atoms with Gasteiger partial charge in [-0.2, -0.15) is 0 Å². The Kier molecular flexibility index (Phi) is 20.8. The number of phosphoric acid groups is 1. The molecule has 0 saturated heterocycles. The normalized spacial score (nSPS) is 12.1. The first kappa shape index (κ1) is 27.9. The molecular weight excluding hydrogens is 351 g/mol. The zero-order valence-electron chi connectivity index (χ0n) is 17.0. The summed E-state index contributed by atoms with van der Waals surface area (Å²) in [6.07, 6.45) is 21.9. The third-order valence-corrected chi connectivity index (χ3v) is 5.06. The molecule has 0 aromatic heterocycles. The van der Waals surface area contributed by atoms with Crippen LogP contribution in [-0.2, 0) is 9.09 Å². The van der Waals surface area contributed by atoms with E-state index in [1.54, 1.807) is 13.0 Å². The van der Waals surface area contributed by atoms with Crippen LogP contribution in [-0.4, -0.2) is 15.3 Å². The smallest absolute Gasteiger partial charge is 0.412 e. The lowest BCUT2D eigenvalue weighted by Crippen LogP contribution is -1.91. The van der Waals surface area contributed by atoms with Crippen LogP contribution in [0.1, 0.15) is 117 Å². The van der Waals surface area contributed by atoms with Gasteiger partial charge in [-0.3, -0.25) is 9.79 Å². The highest BCUT2D eigenvalue weighted by atomic mass is 31.2. The number of allylic oxidation sites excluding steroid dienone is 2. The van der Waals surface area contributed by atoms with Gasteiger partial charge in [0.1, 0.15) is 5.76 Å². The Morgan fingerprint density at radius 2 is 1.12 bits per heavy atom. The van der Waals surface area contributed by atoms with Crippen molar-refractivity contribution in [1.82, 2.24) is 0 Å². The molecule has 6 heteroatoms. The van der Waals surface area contributed by atoms with E-state index in [-0.39, 0.29) is 5.48 Å². The lowest BCUT2D eigenvalue weighted by atomic mass is 10.0. The molecule has 0 aliphatic heterocycles. The topological polar surface area (TPSA) is 98.3 Å². The quantitative estimate of drug-likeness (QED) is 0.159. The van der Waals surface area contributed by atoms with E-state index in [9.17, 15) is 4.57 Å². The van der Waals surface area contributed by atoms with E-state index in [0.29, 0.717) is 12.2 Å². The molecule has 0 rings (SSSR count). The monoisotopic (exact) mass is 394 g/mol. The molecule has 158 valence electrons. The molecule has 0 unspecified atom stereocenters. The van der Waals surface area contributed by atoms with E-state index < -0.39 is 7.82 Å². The van der Waals surface area contributed by atoms with Gasteiger partial charge in [0, 0.05) is 6.42 Å². The first-order chi connectivity index (χ1) is 12.0. The van der Waals surface area contributed by atoms with E-state index in [1.165, 1.54) is 83.5 Å². The summed E-state index contributed by atoms with van der Waals surface area (Å²) in [6.45, 7) is 4.01. The van der Waals surface area contributed by atoms with Crippen LogP contribution in [0.3, 0.4) is 0 Å². The first-order valence-electron chi connectivity index (χ1n) is 10.4. The van der Waals surface area contributed by atoms with Gasteiger partial charge in [0.2, 0.25) is 0 Å². The second kappa shape index (κ2) is 19.4. The minimum Gasteiger partial charge on any atom is -0.412 e. The van der Waals surface area contributed by atoms with Crippen molar-refractivity contribution < 1.29 is 24.4 Å². The maximum absolute atomic E-state index is 10.8. The first-order valence-corrected chi connectivity index (χ1v) is 11.9. The van der Waals surface area contributed by atoms with Crippen molar-refractivity contribution in [3.63, 3.8) is 0 Å². The van der Waals surface area contributed by atoms with Gasteiger partial charge in [0.15, 0.2) is 0 Å². The number of phosphoric ester groups is 1. The Balaban J connectivity index is 0. The standard InChI is InChI=1S/C20H41O4P.H2O/c1-3-5-6-7-8-9-10-11-12-13-14-15-16-17-18-19-20(4-2)24-25(21,22)23;/h4H,3,5-19H2,1-2H3,(H2,21,22,23);1H2. The van der Waals surface area contributed by atoms with Crippen molar-refractivity contribution in [2.45, 2.75) is 117 Å². The molecule has 0 saturated carbocycles. The molecule has 0 aromatic carbocycles. The van der Waals surface area contributed by atoms with E-state index in [2.05, 4.69) is 11.4 Å². The van der Waals surface area contributed by atoms with Crippen LogP contribution in [0, 0.1) is 0 Å². The van der Waals surface area contributed by atoms with Crippen molar-refractivity contribution in [1.29, 1.82) is 0 Å². The summed E-state index contributed by atoms with van der Waals surface area (Å²) in [4.78, 5) is 17.6. The van der Waals surface area contributed by atoms with Gasteiger partial charge in [-0.15, -0.1) is 0 Å².